The zero-order valence-corrected chi connectivity index (χ0v) is 18.5. The highest BCUT2D eigenvalue weighted by Crippen LogP contribution is 2.48. The van der Waals surface area contributed by atoms with Crippen LogP contribution in [0, 0.1) is 0 Å². The van der Waals surface area contributed by atoms with Crippen LogP contribution in [0.1, 0.15) is 18.5 Å². The van der Waals surface area contributed by atoms with Gasteiger partial charge in [-0.2, -0.15) is 0 Å². The first-order valence-electron chi connectivity index (χ1n) is 10.1. The average Bonchev–Trinajstić information content (AvgIpc) is 3.18. The minimum Gasteiger partial charge on any atom is -0.493 e. The monoisotopic (exact) mass is 435 g/mol. The number of imidazole rings is 1. The molecule has 3 aromatic rings. The number of hydrogen-bond acceptors (Lipinski definition) is 7. The van der Waals surface area contributed by atoms with E-state index in [1.54, 1.807) is 27.4 Å². The molecule has 166 valence electrons. The van der Waals surface area contributed by atoms with E-state index in [9.17, 15) is 4.79 Å². The molecular weight excluding hydrogens is 410 g/mol. The minimum absolute atomic E-state index is 0.100. The molecule has 32 heavy (non-hydrogen) atoms. The molecular formula is C24H25N3O5. The van der Waals surface area contributed by atoms with Gasteiger partial charge in [0.1, 0.15) is 6.61 Å². The van der Waals surface area contributed by atoms with Gasteiger partial charge >= 0.3 is 5.97 Å². The molecule has 2 heterocycles. The molecule has 0 bridgehead atoms. The van der Waals surface area contributed by atoms with Crippen LogP contribution in [0.4, 0.5) is 5.95 Å². The van der Waals surface area contributed by atoms with E-state index in [0.29, 0.717) is 40.0 Å². The Kier molecular flexibility index (Phi) is 5.77. The van der Waals surface area contributed by atoms with Crippen LogP contribution in [0.5, 0.6) is 17.2 Å². The fourth-order valence-electron chi connectivity index (χ4n) is 4.07. The number of esters is 1. The zero-order valence-electron chi connectivity index (χ0n) is 18.5. The van der Waals surface area contributed by atoms with Gasteiger partial charge in [0.15, 0.2) is 11.5 Å². The van der Waals surface area contributed by atoms with Gasteiger partial charge in [-0.15, -0.1) is 0 Å². The summed E-state index contributed by atoms with van der Waals surface area (Å²) < 4.78 is 24.2. The van der Waals surface area contributed by atoms with Crippen molar-refractivity contribution in [1.82, 2.24) is 9.55 Å². The molecule has 1 N–H and O–H groups in total. The molecule has 8 nitrogen and oxygen atoms in total. The van der Waals surface area contributed by atoms with E-state index in [-0.39, 0.29) is 6.61 Å². The number of fused-ring (bicyclic) bond motifs is 3. The summed E-state index contributed by atoms with van der Waals surface area (Å²) in [5.41, 5.74) is 3.45. The summed E-state index contributed by atoms with van der Waals surface area (Å²) in [4.78, 5) is 17.9. The van der Waals surface area contributed by atoms with Crippen LogP contribution in [-0.4, -0.2) is 43.5 Å². The normalized spacial score (nSPS) is 15.1. The molecule has 0 unspecified atom stereocenters. The topological polar surface area (TPSA) is 83.8 Å². The third-order valence-corrected chi connectivity index (χ3v) is 5.41. The number of nitrogens with zero attached hydrogens (tertiary/aromatic N) is 2. The summed E-state index contributed by atoms with van der Waals surface area (Å²) in [6, 6.07) is 10.8. The lowest BCUT2D eigenvalue weighted by Crippen LogP contribution is -2.29. The molecule has 4 rings (SSSR count). The molecule has 8 heteroatoms. The number of hydrogen-bond donors (Lipinski definition) is 1. The Morgan fingerprint density at radius 1 is 1.12 bits per heavy atom. The molecule has 1 aromatic heterocycles. The fourth-order valence-corrected chi connectivity index (χ4v) is 4.07. The number of aromatic nitrogens is 2. The summed E-state index contributed by atoms with van der Waals surface area (Å²) in [7, 11) is 4.66. The second-order valence-corrected chi connectivity index (χ2v) is 7.17. The smallest absolute Gasteiger partial charge is 0.338 e. The van der Waals surface area contributed by atoms with Gasteiger partial charge in [0.25, 0.3) is 0 Å². The minimum atomic E-state index is -0.578. The molecule has 0 amide bonds. The third kappa shape index (κ3) is 3.33. The number of methoxy groups -OCH3 is 3. The summed E-state index contributed by atoms with van der Waals surface area (Å²) in [5, 5.41) is 3.25. The number of carbonyl (C=O) groups excluding carboxylic acids is 1. The number of ether oxygens (including phenoxy) is 4. The Balaban J connectivity index is 2.02. The molecule has 0 spiro atoms. The van der Waals surface area contributed by atoms with Crippen molar-refractivity contribution >= 4 is 23.0 Å². The Morgan fingerprint density at radius 3 is 2.56 bits per heavy atom. The quantitative estimate of drug-likeness (QED) is 0.442. The van der Waals surface area contributed by atoms with Crippen LogP contribution >= 0.6 is 0 Å². The van der Waals surface area contributed by atoms with Crippen molar-refractivity contribution in [1.29, 1.82) is 0 Å². The summed E-state index contributed by atoms with van der Waals surface area (Å²) in [6.45, 7) is 5.56. The fraction of sp³-hybridized carbons (Fsp3) is 0.250. The Hall–Kier alpha value is -3.94. The van der Waals surface area contributed by atoms with E-state index >= 15 is 0 Å². The van der Waals surface area contributed by atoms with E-state index in [0.717, 1.165) is 11.0 Å². The van der Waals surface area contributed by atoms with Gasteiger partial charge in [-0.25, -0.2) is 9.78 Å². The molecule has 1 atom stereocenters. The Bertz CT molecular complexity index is 1230. The lowest BCUT2D eigenvalue weighted by molar-refractivity contribution is -0.138. The second kappa shape index (κ2) is 8.66. The predicted molar refractivity (Wildman–Crippen MR) is 121 cm³/mol. The standard InChI is InChI=1S/C24H25N3O5/c1-6-13-32-23(28)19-14(2)25-24-26-16-9-7-8-10-17(16)27(24)20(19)15-11-12-18(29-3)22(31-5)21(15)30-4/h6-12,20H,1,13H2,2-5H3,(H,25,26)/t20-/m0/s1. The van der Waals surface area contributed by atoms with Crippen LogP contribution in [0.3, 0.4) is 0 Å². The maximum absolute atomic E-state index is 13.2. The van der Waals surface area contributed by atoms with Crippen molar-refractivity contribution in [3.63, 3.8) is 0 Å². The van der Waals surface area contributed by atoms with Gasteiger partial charge in [-0.3, -0.25) is 4.57 Å². The number of allylic oxidation sites excluding steroid dienone is 1. The number of anilines is 1. The van der Waals surface area contributed by atoms with Crippen LogP contribution in [0.2, 0.25) is 0 Å². The lowest BCUT2D eigenvalue weighted by Gasteiger charge is -2.31. The summed E-state index contributed by atoms with van der Waals surface area (Å²) in [6.07, 6.45) is 1.54. The maximum Gasteiger partial charge on any atom is 0.338 e. The van der Waals surface area contributed by atoms with Crippen molar-refractivity contribution in [2.45, 2.75) is 13.0 Å². The maximum atomic E-state index is 13.2. The first-order chi connectivity index (χ1) is 15.5. The van der Waals surface area contributed by atoms with Crippen LogP contribution in [0.25, 0.3) is 11.0 Å². The predicted octanol–water partition coefficient (Wildman–Crippen LogP) is 4.08. The Labute approximate surface area is 186 Å². The number of nitrogens with one attached hydrogen (secondary N) is 1. The SMILES string of the molecule is C=CCOC(=O)C1=C(C)Nc2nc3ccccc3n2[C@H]1c1ccc(OC)c(OC)c1OC. The van der Waals surface area contributed by atoms with Crippen molar-refractivity contribution in [3.05, 3.63) is 65.9 Å². The zero-order chi connectivity index (χ0) is 22.8. The van der Waals surface area contributed by atoms with E-state index in [1.165, 1.54) is 6.08 Å². The van der Waals surface area contributed by atoms with Gasteiger partial charge in [0.05, 0.1) is 44.0 Å². The summed E-state index contributed by atoms with van der Waals surface area (Å²) >= 11 is 0. The molecule has 0 fully saturated rings. The van der Waals surface area contributed by atoms with Crippen molar-refractivity contribution in [3.8, 4) is 17.2 Å². The van der Waals surface area contributed by atoms with Gasteiger partial charge in [-0.1, -0.05) is 24.8 Å². The van der Waals surface area contributed by atoms with Gasteiger partial charge in [0, 0.05) is 11.3 Å². The molecule has 0 saturated heterocycles. The van der Waals surface area contributed by atoms with E-state index in [1.807, 2.05) is 41.8 Å². The van der Waals surface area contributed by atoms with Gasteiger partial charge < -0.3 is 24.3 Å². The lowest BCUT2D eigenvalue weighted by atomic mass is 9.93. The van der Waals surface area contributed by atoms with Crippen molar-refractivity contribution < 1.29 is 23.7 Å². The number of rotatable bonds is 7. The summed E-state index contributed by atoms with van der Waals surface area (Å²) in [5.74, 6) is 1.58. The van der Waals surface area contributed by atoms with E-state index in [2.05, 4.69) is 11.9 Å². The molecule has 2 aromatic carbocycles. The van der Waals surface area contributed by atoms with Crippen molar-refractivity contribution in [2.75, 3.05) is 33.3 Å². The first kappa shape index (κ1) is 21.3. The molecule has 0 saturated carbocycles. The highest BCUT2D eigenvalue weighted by atomic mass is 16.5. The second-order valence-electron chi connectivity index (χ2n) is 7.17. The molecule has 1 aliphatic rings. The van der Waals surface area contributed by atoms with E-state index in [4.69, 9.17) is 23.9 Å². The number of benzene rings is 2. The van der Waals surface area contributed by atoms with Gasteiger partial charge in [-0.05, 0) is 31.2 Å². The molecule has 1 aliphatic heterocycles. The number of carbonyl (C=O) groups is 1. The highest BCUT2D eigenvalue weighted by molar-refractivity contribution is 5.94. The largest absolute Gasteiger partial charge is 0.493 e. The highest BCUT2D eigenvalue weighted by Gasteiger charge is 2.37. The van der Waals surface area contributed by atoms with E-state index < -0.39 is 12.0 Å². The van der Waals surface area contributed by atoms with Gasteiger partial charge in [0.2, 0.25) is 11.7 Å². The van der Waals surface area contributed by atoms with Crippen molar-refractivity contribution in [2.24, 2.45) is 0 Å². The van der Waals surface area contributed by atoms with Crippen LogP contribution < -0.4 is 19.5 Å². The first-order valence-corrected chi connectivity index (χ1v) is 10.1. The average molecular weight is 435 g/mol. The third-order valence-electron chi connectivity index (χ3n) is 5.41. The molecule has 0 aliphatic carbocycles. The van der Waals surface area contributed by atoms with Crippen LogP contribution in [0.15, 0.2) is 60.3 Å². The number of para-hydroxylation sites is 2. The molecule has 0 radical (unpaired) electrons. The van der Waals surface area contributed by atoms with Crippen LogP contribution in [-0.2, 0) is 9.53 Å². The Morgan fingerprint density at radius 2 is 1.88 bits per heavy atom.